The standard InChI is InChI=1S/C17H16BrNO4/c1-22-15-12(18)6-10-8-19(9-20)5-4-17-3-2-11(21)7-13(17)23-16(15)14(10)17/h2-3,6,9,13H,4-5,7-8H2,1H3. The van der Waals surface area contributed by atoms with Gasteiger partial charge in [0, 0.05) is 25.1 Å². The Morgan fingerprint density at radius 3 is 3.09 bits per heavy atom. The summed E-state index contributed by atoms with van der Waals surface area (Å²) in [5.74, 6) is 1.43. The van der Waals surface area contributed by atoms with Crippen LogP contribution in [-0.2, 0) is 21.5 Å². The smallest absolute Gasteiger partial charge is 0.210 e. The first-order valence-electron chi connectivity index (χ1n) is 7.57. The Morgan fingerprint density at radius 2 is 2.35 bits per heavy atom. The summed E-state index contributed by atoms with van der Waals surface area (Å²) in [4.78, 5) is 25.0. The van der Waals surface area contributed by atoms with Crippen LogP contribution in [0.3, 0.4) is 0 Å². The largest absolute Gasteiger partial charge is 0.492 e. The van der Waals surface area contributed by atoms with Crippen LogP contribution >= 0.6 is 15.9 Å². The van der Waals surface area contributed by atoms with E-state index in [1.807, 2.05) is 12.1 Å². The van der Waals surface area contributed by atoms with E-state index in [2.05, 4.69) is 15.9 Å². The Balaban J connectivity index is 1.99. The van der Waals surface area contributed by atoms with Gasteiger partial charge in [0.2, 0.25) is 6.41 Å². The summed E-state index contributed by atoms with van der Waals surface area (Å²) in [5, 5.41) is 0. The first-order valence-corrected chi connectivity index (χ1v) is 8.36. The maximum absolute atomic E-state index is 11.9. The normalized spacial score (nSPS) is 27.8. The van der Waals surface area contributed by atoms with Crippen LogP contribution < -0.4 is 9.47 Å². The highest BCUT2D eigenvalue weighted by Gasteiger charge is 2.53. The molecule has 6 heteroatoms. The summed E-state index contributed by atoms with van der Waals surface area (Å²) in [6.45, 7) is 1.17. The van der Waals surface area contributed by atoms with Gasteiger partial charge >= 0.3 is 0 Å². The summed E-state index contributed by atoms with van der Waals surface area (Å²) in [6, 6.07) is 2.00. The van der Waals surface area contributed by atoms with Crippen molar-refractivity contribution in [1.29, 1.82) is 0 Å². The van der Waals surface area contributed by atoms with E-state index in [0.717, 1.165) is 28.4 Å². The Bertz CT molecular complexity index is 745. The molecule has 3 aliphatic rings. The minimum absolute atomic E-state index is 0.0736. The monoisotopic (exact) mass is 377 g/mol. The average molecular weight is 378 g/mol. The molecule has 0 fully saturated rings. The minimum Gasteiger partial charge on any atom is -0.492 e. The van der Waals surface area contributed by atoms with Crippen LogP contribution in [-0.4, -0.2) is 36.9 Å². The summed E-state index contributed by atoms with van der Waals surface area (Å²) in [7, 11) is 1.61. The number of hydrogen-bond donors (Lipinski definition) is 0. The molecule has 0 N–H and O–H groups in total. The molecule has 0 saturated carbocycles. The molecule has 5 nitrogen and oxygen atoms in total. The molecule has 2 heterocycles. The maximum atomic E-state index is 11.9. The van der Waals surface area contributed by atoms with Gasteiger partial charge in [0.15, 0.2) is 17.3 Å². The van der Waals surface area contributed by atoms with E-state index >= 15 is 0 Å². The second-order valence-corrected chi connectivity index (χ2v) is 7.09. The lowest BCUT2D eigenvalue weighted by molar-refractivity contribution is -0.119. The van der Waals surface area contributed by atoms with Crippen LogP contribution in [0.1, 0.15) is 24.0 Å². The van der Waals surface area contributed by atoms with Crippen LogP contribution in [0.15, 0.2) is 22.7 Å². The van der Waals surface area contributed by atoms with Crippen molar-refractivity contribution in [3.63, 3.8) is 0 Å². The molecule has 1 aliphatic carbocycles. The number of allylic oxidation sites excluding steroid dienone is 1. The number of ketones is 1. The number of benzene rings is 1. The zero-order chi connectivity index (χ0) is 16.2. The molecule has 4 rings (SSSR count). The molecule has 23 heavy (non-hydrogen) atoms. The number of rotatable bonds is 2. The third kappa shape index (κ3) is 1.97. The van der Waals surface area contributed by atoms with Gasteiger partial charge in [0.1, 0.15) is 6.10 Å². The van der Waals surface area contributed by atoms with E-state index in [1.165, 1.54) is 0 Å². The van der Waals surface area contributed by atoms with Crippen molar-refractivity contribution in [2.45, 2.75) is 30.9 Å². The van der Waals surface area contributed by atoms with Gasteiger partial charge in [-0.3, -0.25) is 9.59 Å². The first-order chi connectivity index (χ1) is 11.1. The first kappa shape index (κ1) is 14.8. The maximum Gasteiger partial charge on any atom is 0.210 e. The van der Waals surface area contributed by atoms with Gasteiger partial charge in [-0.05, 0) is 40.1 Å². The van der Waals surface area contributed by atoms with Crippen molar-refractivity contribution < 1.29 is 19.1 Å². The van der Waals surface area contributed by atoms with Crippen molar-refractivity contribution in [1.82, 2.24) is 4.90 Å². The van der Waals surface area contributed by atoms with Crippen molar-refractivity contribution in [2.75, 3.05) is 13.7 Å². The molecule has 1 aromatic rings. The van der Waals surface area contributed by atoms with Gasteiger partial charge in [0.25, 0.3) is 0 Å². The van der Waals surface area contributed by atoms with Crippen molar-refractivity contribution in [3.8, 4) is 11.5 Å². The number of halogens is 1. The molecule has 0 radical (unpaired) electrons. The fourth-order valence-electron chi connectivity index (χ4n) is 4.00. The molecule has 0 aromatic heterocycles. The van der Waals surface area contributed by atoms with Gasteiger partial charge in [-0.2, -0.15) is 0 Å². The van der Waals surface area contributed by atoms with Crippen molar-refractivity contribution in [2.24, 2.45) is 0 Å². The number of methoxy groups -OCH3 is 1. The number of carbonyl (C=O) groups excluding carboxylic acids is 2. The third-order valence-corrected chi connectivity index (χ3v) is 5.65. The van der Waals surface area contributed by atoms with Crippen LogP contribution in [0.5, 0.6) is 11.5 Å². The van der Waals surface area contributed by atoms with Gasteiger partial charge in [-0.15, -0.1) is 0 Å². The number of carbonyl (C=O) groups is 2. The fraction of sp³-hybridized carbons (Fsp3) is 0.412. The highest BCUT2D eigenvalue weighted by molar-refractivity contribution is 9.10. The van der Waals surface area contributed by atoms with Crippen LogP contribution in [0.2, 0.25) is 0 Å². The van der Waals surface area contributed by atoms with E-state index < -0.39 is 0 Å². The zero-order valence-corrected chi connectivity index (χ0v) is 14.3. The minimum atomic E-state index is -0.357. The summed E-state index contributed by atoms with van der Waals surface area (Å²) in [6.07, 6.45) is 5.38. The number of nitrogens with zero attached hydrogens (tertiary/aromatic N) is 1. The molecule has 120 valence electrons. The lowest BCUT2D eigenvalue weighted by Crippen LogP contribution is -2.41. The predicted octanol–water partition coefficient (Wildman–Crippen LogP) is 2.35. The van der Waals surface area contributed by atoms with Gasteiger partial charge in [-0.25, -0.2) is 0 Å². The van der Waals surface area contributed by atoms with Gasteiger partial charge < -0.3 is 14.4 Å². The van der Waals surface area contributed by atoms with E-state index in [9.17, 15) is 9.59 Å². The Hall–Kier alpha value is -1.82. The predicted molar refractivity (Wildman–Crippen MR) is 86.6 cm³/mol. The van der Waals surface area contributed by atoms with Crippen LogP contribution in [0.4, 0.5) is 0 Å². The van der Waals surface area contributed by atoms with Gasteiger partial charge in [0.05, 0.1) is 17.0 Å². The van der Waals surface area contributed by atoms with E-state index in [4.69, 9.17) is 9.47 Å². The molecule has 1 aromatic carbocycles. The van der Waals surface area contributed by atoms with Crippen molar-refractivity contribution >= 4 is 28.1 Å². The molecular formula is C17H16BrNO4. The second-order valence-electron chi connectivity index (χ2n) is 6.23. The quantitative estimate of drug-likeness (QED) is 0.742. The van der Waals surface area contributed by atoms with E-state index in [1.54, 1.807) is 18.1 Å². The van der Waals surface area contributed by atoms with E-state index in [0.29, 0.717) is 31.0 Å². The molecule has 2 aliphatic heterocycles. The molecule has 2 atom stereocenters. The highest BCUT2D eigenvalue weighted by atomic mass is 79.9. The second kappa shape index (κ2) is 5.09. The molecule has 1 spiro atoms. The highest BCUT2D eigenvalue weighted by Crippen LogP contribution is 2.57. The summed E-state index contributed by atoms with van der Waals surface area (Å²) < 4.78 is 12.5. The SMILES string of the molecule is COc1c(Br)cc2c3c1OC1CC(=O)C=CC31CCN(C=O)C2. The Morgan fingerprint density at radius 1 is 1.52 bits per heavy atom. The summed E-state index contributed by atoms with van der Waals surface area (Å²) >= 11 is 3.53. The molecule has 0 bridgehead atoms. The number of hydrogen-bond acceptors (Lipinski definition) is 4. The topological polar surface area (TPSA) is 55.8 Å². The fourth-order valence-corrected chi connectivity index (χ4v) is 4.62. The number of ether oxygens (including phenoxy) is 2. The third-order valence-electron chi connectivity index (χ3n) is 5.06. The van der Waals surface area contributed by atoms with Crippen LogP contribution in [0, 0.1) is 0 Å². The lowest BCUT2D eigenvalue weighted by atomic mass is 9.69. The molecule has 2 unspecified atom stereocenters. The van der Waals surface area contributed by atoms with Crippen molar-refractivity contribution in [3.05, 3.63) is 33.8 Å². The zero-order valence-electron chi connectivity index (χ0n) is 12.7. The molecule has 0 saturated heterocycles. The number of amides is 1. The molecular weight excluding hydrogens is 362 g/mol. The average Bonchev–Trinajstić information content (AvgIpc) is 2.76. The lowest BCUT2D eigenvalue weighted by Gasteiger charge is -2.33. The van der Waals surface area contributed by atoms with Crippen LogP contribution in [0.25, 0.3) is 0 Å². The molecule has 1 amide bonds. The summed E-state index contributed by atoms with van der Waals surface area (Å²) in [5.41, 5.74) is 1.75. The van der Waals surface area contributed by atoms with E-state index in [-0.39, 0.29) is 17.3 Å². The Kier molecular flexibility index (Phi) is 3.27. The Labute approximate surface area is 142 Å². The van der Waals surface area contributed by atoms with Gasteiger partial charge in [-0.1, -0.05) is 6.08 Å².